The first kappa shape index (κ1) is 15.8. The predicted molar refractivity (Wildman–Crippen MR) is 74.7 cm³/mol. The highest BCUT2D eigenvalue weighted by atomic mass is 15.1. The third-order valence-electron chi connectivity index (χ3n) is 3.58. The smallest absolute Gasteiger partial charge is 0.223 e. The largest absolute Gasteiger partial charge is 0.263 e. The molecule has 23 heavy (non-hydrogen) atoms. The second-order valence-electron chi connectivity index (χ2n) is 5.03. The van der Waals surface area contributed by atoms with E-state index >= 15 is 0 Å². The Morgan fingerprint density at radius 2 is 1.17 bits per heavy atom. The fraction of sp³-hybridized carbons (Fsp3) is 0.333. The van der Waals surface area contributed by atoms with Gasteiger partial charge in [0.2, 0.25) is 12.7 Å². The van der Waals surface area contributed by atoms with Crippen LogP contribution in [0.5, 0.6) is 0 Å². The molecule has 0 N–H and O–H groups in total. The lowest BCUT2D eigenvalue weighted by molar-refractivity contribution is -0.673. The summed E-state index contributed by atoms with van der Waals surface area (Å²) in [5.74, 6) is 0. The maximum absolute atomic E-state index is 9.19. The lowest BCUT2D eigenvalue weighted by Gasteiger charge is -1.97. The molecule has 0 unspecified atom stereocenters. The lowest BCUT2D eigenvalue weighted by atomic mass is 10.3. The van der Waals surface area contributed by atoms with Gasteiger partial charge in [-0.25, -0.2) is 18.3 Å². The zero-order valence-corrected chi connectivity index (χ0v) is 12.9. The van der Waals surface area contributed by atoms with E-state index in [2.05, 4.69) is 0 Å². The summed E-state index contributed by atoms with van der Waals surface area (Å²) < 4.78 is 6.67. The number of nitrogens with zero attached hydrogens (tertiary/aromatic N) is 8. The van der Waals surface area contributed by atoms with Gasteiger partial charge >= 0.3 is 0 Å². The molecule has 2 aromatic heterocycles. The van der Waals surface area contributed by atoms with Crippen LogP contribution in [0.15, 0.2) is 12.7 Å². The minimum atomic E-state index is 0.323. The summed E-state index contributed by atoms with van der Waals surface area (Å²) in [6.07, 6.45) is 4.07. The van der Waals surface area contributed by atoms with Gasteiger partial charge in [0.05, 0.1) is 27.2 Å². The molecule has 0 spiro atoms. The standard InChI is InChI=1S/C15H14N8/c1-20-10-22(14(8-18)12(20)6-16)4-3-5-23-11-21(2)13(7-17)15(23)9-19/h10-11H,3-5H2,1-2H3/q+2. The number of aryl methyl sites for hydroxylation is 4. The van der Waals surface area contributed by atoms with Gasteiger partial charge in [0, 0.05) is 6.42 Å². The van der Waals surface area contributed by atoms with Crippen molar-refractivity contribution in [2.75, 3.05) is 0 Å². The molecule has 8 heteroatoms. The van der Waals surface area contributed by atoms with E-state index in [0.717, 1.165) is 0 Å². The van der Waals surface area contributed by atoms with Crippen molar-refractivity contribution in [1.29, 1.82) is 21.0 Å². The maximum atomic E-state index is 9.19. The molecule has 0 saturated carbocycles. The van der Waals surface area contributed by atoms with Crippen LogP contribution in [0.1, 0.15) is 29.2 Å². The summed E-state index contributed by atoms with van der Waals surface area (Å²) >= 11 is 0. The van der Waals surface area contributed by atoms with Gasteiger partial charge in [0.1, 0.15) is 24.3 Å². The minimum absolute atomic E-state index is 0.323. The summed E-state index contributed by atoms with van der Waals surface area (Å²) in [6, 6.07) is 8.11. The van der Waals surface area contributed by atoms with E-state index < -0.39 is 0 Å². The van der Waals surface area contributed by atoms with Crippen molar-refractivity contribution in [1.82, 2.24) is 9.13 Å². The van der Waals surface area contributed by atoms with Crippen molar-refractivity contribution >= 4 is 0 Å². The summed E-state index contributed by atoms with van der Waals surface area (Å²) in [7, 11) is 3.43. The van der Waals surface area contributed by atoms with Crippen molar-refractivity contribution < 1.29 is 9.13 Å². The van der Waals surface area contributed by atoms with Crippen LogP contribution in [0.4, 0.5) is 0 Å². The van der Waals surface area contributed by atoms with E-state index in [4.69, 9.17) is 10.5 Å². The average molecular weight is 306 g/mol. The molecule has 112 valence electrons. The van der Waals surface area contributed by atoms with E-state index in [1.54, 1.807) is 45.0 Å². The van der Waals surface area contributed by atoms with Gasteiger partial charge < -0.3 is 0 Å². The van der Waals surface area contributed by atoms with Gasteiger partial charge in [-0.2, -0.15) is 21.0 Å². The molecule has 0 amide bonds. The third-order valence-corrected chi connectivity index (χ3v) is 3.58. The van der Waals surface area contributed by atoms with Gasteiger partial charge in [-0.3, -0.25) is 0 Å². The molecular formula is C15H14N8+2. The molecule has 2 heterocycles. The van der Waals surface area contributed by atoms with Crippen molar-refractivity contribution in [2.24, 2.45) is 14.1 Å². The number of rotatable bonds is 4. The highest BCUT2D eigenvalue weighted by molar-refractivity contribution is 5.33. The fourth-order valence-corrected chi connectivity index (χ4v) is 2.50. The Morgan fingerprint density at radius 1 is 0.783 bits per heavy atom. The van der Waals surface area contributed by atoms with Crippen LogP contribution in [-0.4, -0.2) is 9.13 Å². The Morgan fingerprint density at radius 3 is 1.48 bits per heavy atom. The van der Waals surface area contributed by atoms with Gasteiger partial charge in [-0.15, -0.1) is 0 Å². The van der Waals surface area contributed by atoms with E-state index in [1.165, 1.54) is 0 Å². The molecule has 2 rings (SSSR count). The van der Waals surface area contributed by atoms with Gasteiger partial charge in [-0.05, 0) is 0 Å². The SMILES string of the molecule is C[n+]1cn(CCCn2c[n+](C)c(C#N)c2C#N)c(C#N)c1C#N. The lowest BCUT2D eigenvalue weighted by Crippen LogP contribution is -2.29. The fourth-order valence-electron chi connectivity index (χ4n) is 2.50. The maximum Gasteiger partial charge on any atom is 0.263 e. The molecule has 0 aliphatic carbocycles. The minimum Gasteiger partial charge on any atom is -0.223 e. The topological polar surface area (TPSA) is 113 Å². The average Bonchev–Trinajstić information content (AvgIpc) is 3.02. The highest BCUT2D eigenvalue weighted by Gasteiger charge is 2.23. The monoisotopic (exact) mass is 306 g/mol. The van der Waals surface area contributed by atoms with Crippen LogP contribution in [0.25, 0.3) is 0 Å². The first-order valence-electron chi connectivity index (χ1n) is 6.85. The summed E-state index contributed by atoms with van der Waals surface area (Å²) in [5.41, 5.74) is 1.30. The first-order chi connectivity index (χ1) is 11.1. The summed E-state index contributed by atoms with van der Waals surface area (Å²) in [4.78, 5) is 0. The molecular weight excluding hydrogens is 292 g/mol. The Kier molecular flexibility index (Phi) is 4.41. The molecule has 0 saturated heterocycles. The second-order valence-corrected chi connectivity index (χ2v) is 5.03. The van der Waals surface area contributed by atoms with Crippen molar-refractivity contribution in [3.63, 3.8) is 0 Å². The van der Waals surface area contributed by atoms with Crippen molar-refractivity contribution in [3.05, 3.63) is 35.4 Å². The van der Waals surface area contributed by atoms with E-state index in [1.807, 2.05) is 24.3 Å². The third kappa shape index (κ3) is 2.75. The Labute approximate surface area is 133 Å². The van der Waals surface area contributed by atoms with Crippen molar-refractivity contribution in [3.8, 4) is 24.3 Å². The van der Waals surface area contributed by atoms with Gasteiger partial charge in [0.25, 0.3) is 22.8 Å². The Hall–Kier alpha value is -3.62. The first-order valence-corrected chi connectivity index (χ1v) is 6.85. The highest BCUT2D eigenvalue weighted by Crippen LogP contribution is 2.07. The zero-order valence-electron chi connectivity index (χ0n) is 12.9. The molecule has 0 bridgehead atoms. The van der Waals surface area contributed by atoms with Crippen LogP contribution in [0, 0.1) is 45.3 Å². The van der Waals surface area contributed by atoms with E-state index in [9.17, 15) is 10.5 Å². The van der Waals surface area contributed by atoms with E-state index in [-0.39, 0.29) is 0 Å². The molecule has 0 aromatic carbocycles. The van der Waals surface area contributed by atoms with Crippen LogP contribution in [-0.2, 0) is 27.2 Å². The number of hydrogen-bond donors (Lipinski definition) is 0. The van der Waals surface area contributed by atoms with Crippen LogP contribution >= 0.6 is 0 Å². The second kappa shape index (κ2) is 6.43. The molecule has 8 nitrogen and oxygen atoms in total. The molecule has 0 aliphatic rings. The Bertz CT molecular complexity index is 841. The summed E-state index contributed by atoms with van der Waals surface area (Å²) in [5, 5.41) is 36.5. The molecule has 0 aliphatic heterocycles. The van der Waals surface area contributed by atoms with Crippen LogP contribution < -0.4 is 9.13 Å². The molecule has 0 atom stereocenters. The summed E-state index contributed by atoms with van der Waals surface area (Å²) in [6.45, 7) is 1.07. The zero-order chi connectivity index (χ0) is 17.0. The van der Waals surface area contributed by atoms with Crippen LogP contribution in [0.3, 0.4) is 0 Å². The van der Waals surface area contributed by atoms with Crippen molar-refractivity contribution in [2.45, 2.75) is 19.5 Å². The predicted octanol–water partition coefficient (Wildman–Crippen LogP) is -0.484. The van der Waals surface area contributed by atoms with E-state index in [0.29, 0.717) is 42.3 Å². The molecule has 0 fully saturated rings. The van der Waals surface area contributed by atoms with Gasteiger partial charge in [-0.1, -0.05) is 0 Å². The number of aromatic nitrogens is 4. The van der Waals surface area contributed by atoms with Crippen LogP contribution in [0.2, 0.25) is 0 Å². The molecule has 0 radical (unpaired) electrons. The normalized spacial score (nSPS) is 9.65. The number of hydrogen-bond acceptors (Lipinski definition) is 4. The number of nitriles is 4. The molecule has 2 aromatic rings. The Balaban J connectivity index is 2.17. The quantitative estimate of drug-likeness (QED) is 0.709. The number of imidazole rings is 2. The van der Waals surface area contributed by atoms with Gasteiger partial charge in [0.15, 0.2) is 0 Å².